The van der Waals surface area contributed by atoms with Crippen LogP contribution in [0.1, 0.15) is 11.3 Å². The minimum atomic E-state index is -4.46. The molecule has 0 saturated heterocycles. The zero-order valence-electron chi connectivity index (χ0n) is 6.40. The van der Waals surface area contributed by atoms with Crippen LogP contribution in [0.5, 0.6) is 0 Å². The lowest BCUT2D eigenvalue weighted by molar-refractivity contribution is -0.137. The number of hydrogen-bond acceptors (Lipinski definition) is 2. The van der Waals surface area contributed by atoms with E-state index in [-0.39, 0.29) is 11.6 Å². The van der Waals surface area contributed by atoms with Crippen LogP contribution in [0.25, 0.3) is 0 Å². The van der Waals surface area contributed by atoms with Crippen LogP contribution in [-0.2, 0) is 12.7 Å². The summed E-state index contributed by atoms with van der Waals surface area (Å²) in [4.78, 5) is 3.50. The molecule has 1 rings (SSSR count). The Bertz CT molecular complexity index is 311. The van der Waals surface area contributed by atoms with Crippen LogP contribution < -0.4 is 5.73 Å². The van der Waals surface area contributed by atoms with Crippen LogP contribution in [0.15, 0.2) is 12.3 Å². The van der Waals surface area contributed by atoms with Crippen molar-refractivity contribution in [3.63, 3.8) is 0 Å². The zero-order valence-corrected chi connectivity index (χ0v) is 7.15. The van der Waals surface area contributed by atoms with E-state index in [9.17, 15) is 13.2 Å². The number of nitrogens with zero attached hydrogens (tertiary/aromatic N) is 1. The maximum absolute atomic E-state index is 12.1. The molecule has 0 aliphatic heterocycles. The third-order valence-corrected chi connectivity index (χ3v) is 1.74. The lowest BCUT2D eigenvalue weighted by Gasteiger charge is -2.08. The van der Waals surface area contributed by atoms with Gasteiger partial charge in [0.2, 0.25) is 0 Å². The first-order chi connectivity index (χ1) is 5.95. The Morgan fingerprint density at radius 2 is 2.08 bits per heavy atom. The van der Waals surface area contributed by atoms with E-state index in [1.165, 1.54) is 0 Å². The molecule has 0 fully saturated rings. The summed E-state index contributed by atoms with van der Waals surface area (Å²) in [5, 5.41) is -0.372. The van der Waals surface area contributed by atoms with Crippen LogP contribution in [-0.4, -0.2) is 4.98 Å². The summed E-state index contributed by atoms with van der Waals surface area (Å²) in [5.41, 5.74) is 4.57. The van der Waals surface area contributed by atoms with Gasteiger partial charge < -0.3 is 5.73 Å². The Morgan fingerprint density at radius 3 is 2.46 bits per heavy atom. The molecule has 0 aromatic carbocycles. The summed E-state index contributed by atoms with van der Waals surface area (Å²) >= 11 is 5.38. The van der Waals surface area contributed by atoms with E-state index in [1.807, 2.05) is 0 Å². The Morgan fingerprint density at radius 1 is 1.46 bits per heavy atom. The number of hydrogen-bond donors (Lipinski definition) is 1. The lowest BCUT2D eigenvalue weighted by Crippen LogP contribution is -2.08. The van der Waals surface area contributed by atoms with E-state index in [2.05, 4.69) is 4.98 Å². The maximum atomic E-state index is 12.1. The summed E-state index contributed by atoms with van der Waals surface area (Å²) in [7, 11) is 0. The number of halogens is 4. The number of pyridine rings is 1. The van der Waals surface area contributed by atoms with Gasteiger partial charge in [-0.2, -0.15) is 13.2 Å². The summed E-state index contributed by atoms with van der Waals surface area (Å²) in [6, 6.07) is 1.12. The summed E-state index contributed by atoms with van der Waals surface area (Å²) in [5.74, 6) is 0. The van der Waals surface area contributed by atoms with Crippen molar-refractivity contribution >= 4 is 11.6 Å². The van der Waals surface area contributed by atoms with Gasteiger partial charge in [0, 0.05) is 12.7 Å². The van der Waals surface area contributed by atoms with Gasteiger partial charge in [0.15, 0.2) is 0 Å². The number of alkyl halides is 3. The Hall–Kier alpha value is -0.810. The quantitative estimate of drug-likeness (QED) is 0.772. The zero-order chi connectivity index (χ0) is 10.1. The molecule has 0 radical (unpaired) electrons. The molecular weight excluding hydrogens is 205 g/mol. The normalized spacial score (nSPS) is 11.8. The van der Waals surface area contributed by atoms with Gasteiger partial charge in [-0.15, -0.1) is 0 Å². The van der Waals surface area contributed by atoms with Gasteiger partial charge in [0.05, 0.1) is 16.3 Å². The van der Waals surface area contributed by atoms with Crippen molar-refractivity contribution in [2.45, 2.75) is 12.7 Å². The van der Waals surface area contributed by atoms with E-state index in [1.54, 1.807) is 0 Å². The van der Waals surface area contributed by atoms with Crippen LogP contribution in [0.4, 0.5) is 13.2 Å². The SMILES string of the molecule is NCc1cc(Cl)c(C(F)(F)F)cn1. The van der Waals surface area contributed by atoms with Gasteiger partial charge in [-0.25, -0.2) is 0 Å². The molecule has 1 aromatic rings. The van der Waals surface area contributed by atoms with Crippen molar-refractivity contribution < 1.29 is 13.2 Å². The maximum Gasteiger partial charge on any atom is 0.419 e. The van der Waals surface area contributed by atoms with Crippen LogP contribution in [0.3, 0.4) is 0 Å². The first kappa shape index (κ1) is 10.3. The third-order valence-electron chi connectivity index (χ3n) is 1.42. The van der Waals surface area contributed by atoms with E-state index >= 15 is 0 Å². The first-order valence-corrected chi connectivity index (χ1v) is 3.74. The molecule has 2 nitrogen and oxygen atoms in total. The molecule has 0 amide bonds. The Labute approximate surface area is 77.5 Å². The van der Waals surface area contributed by atoms with Crippen molar-refractivity contribution in [3.8, 4) is 0 Å². The van der Waals surface area contributed by atoms with E-state index < -0.39 is 11.7 Å². The fraction of sp³-hybridized carbons (Fsp3) is 0.286. The highest BCUT2D eigenvalue weighted by Crippen LogP contribution is 2.33. The highest BCUT2D eigenvalue weighted by Gasteiger charge is 2.33. The Kier molecular flexibility index (Phi) is 2.77. The van der Waals surface area contributed by atoms with E-state index in [4.69, 9.17) is 17.3 Å². The average molecular weight is 211 g/mol. The predicted octanol–water partition coefficient (Wildman–Crippen LogP) is 2.21. The number of aromatic nitrogens is 1. The molecule has 0 bridgehead atoms. The molecule has 0 aliphatic rings. The van der Waals surface area contributed by atoms with Gasteiger partial charge in [-0.3, -0.25) is 4.98 Å². The molecule has 6 heteroatoms. The van der Waals surface area contributed by atoms with Crippen LogP contribution >= 0.6 is 11.6 Å². The molecule has 1 heterocycles. The molecule has 0 saturated carbocycles. The molecule has 13 heavy (non-hydrogen) atoms. The van der Waals surface area contributed by atoms with E-state index in [0.717, 1.165) is 6.07 Å². The second kappa shape index (κ2) is 3.51. The van der Waals surface area contributed by atoms with Gasteiger partial charge >= 0.3 is 6.18 Å². The fourth-order valence-electron chi connectivity index (χ4n) is 0.791. The van der Waals surface area contributed by atoms with E-state index in [0.29, 0.717) is 11.9 Å². The minimum absolute atomic E-state index is 0.0673. The molecular formula is C7H6ClF3N2. The van der Waals surface area contributed by atoms with Gasteiger partial charge in [-0.1, -0.05) is 11.6 Å². The highest BCUT2D eigenvalue weighted by atomic mass is 35.5. The monoisotopic (exact) mass is 210 g/mol. The van der Waals surface area contributed by atoms with Crippen LogP contribution in [0, 0.1) is 0 Å². The van der Waals surface area contributed by atoms with Gasteiger partial charge in [0.1, 0.15) is 0 Å². The van der Waals surface area contributed by atoms with Gasteiger partial charge in [0.25, 0.3) is 0 Å². The molecule has 0 aliphatic carbocycles. The second-order valence-electron chi connectivity index (χ2n) is 2.36. The van der Waals surface area contributed by atoms with Crippen molar-refractivity contribution in [1.82, 2.24) is 4.98 Å². The van der Waals surface area contributed by atoms with Crippen molar-refractivity contribution in [2.24, 2.45) is 5.73 Å². The summed E-state index contributed by atoms with van der Waals surface area (Å²) in [6.07, 6.45) is -3.78. The van der Waals surface area contributed by atoms with Gasteiger partial charge in [-0.05, 0) is 6.07 Å². The average Bonchev–Trinajstić information content (AvgIpc) is 2.01. The van der Waals surface area contributed by atoms with Crippen LogP contribution in [0.2, 0.25) is 5.02 Å². The first-order valence-electron chi connectivity index (χ1n) is 3.37. The molecule has 0 atom stereocenters. The number of rotatable bonds is 1. The molecule has 1 aromatic heterocycles. The third kappa shape index (κ3) is 2.32. The Balaban J connectivity index is 3.13. The number of nitrogens with two attached hydrogens (primary N) is 1. The van der Waals surface area contributed by atoms with Crippen molar-refractivity contribution in [2.75, 3.05) is 0 Å². The van der Waals surface area contributed by atoms with Crippen molar-refractivity contribution in [1.29, 1.82) is 0 Å². The fourth-order valence-corrected chi connectivity index (χ4v) is 1.07. The minimum Gasteiger partial charge on any atom is -0.325 e. The van der Waals surface area contributed by atoms with Crippen molar-refractivity contribution in [3.05, 3.63) is 28.5 Å². The standard InChI is InChI=1S/C7H6ClF3N2/c8-6-1-4(2-12)13-3-5(6)7(9,10)11/h1,3H,2,12H2. The molecule has 72 valence electrons. The molecule has 0 unspecified atom stereocenters. The topological polar surface area (TPSA) is 38.9 Å². The predicted molar refractivity (Wildman–Crippen MR) is 42.1 cm³/mol. The summed E-state index contributed by atoms with van der Waals surface area (Å²) in [6.45, 7) is 0.0673. The molecule has 0 spiro atoms. The highest BCUT2D eigenvalue weighted by molar-refractivity contribution is 6.31. The smallest absolute Gasteiger partial charge is 0.325 e. The lowest BCUT2D eigenvalue weighted by atomic mass is 10.2. The summed E-state index contributed by atoms with van der Waals surface area (Å²) < 4.78 is 36.4. The molecule has 2 N–H and O–H groups in total. The second-order valence-corrected chi connectivity index (χ2v) is 2.76. The largest absolute Gasteiger partial charge is 0.419 e.